The van der Waals surface area contributed by atoms with Crippen LogP contribution < -0.4 is 0 Å². The van der Waals surface area contributed by atoms with Gasteiger partial charge in [0, 0.05) is 23.8 Å². The average Bonchev–Trinajstić information content (AvgIpc) is 3.19. The first-order chi connectivity index (χ1) is 17.6. The normalized spacial score (nSPS) is 37.5. The summed E-state index contributed by atoms with van der Waals surface area (Å²) in [6.07, 6.45) is -5.42. The third-order valence-electron chi connectivity index (χ3n) is 7.12. The molecular formula is C25H30O12. The molecule has 2 aliphatic heterocycles. The summed E-state index contributed by atoms with van der Waals surface area (Å²) in [7, 11) is 0. The Morgan fingerprint density at radius 3 is 2.43 bits per heavy atom. The van der Waals surface area contributed by atoms with Gasteiger partial charge in [-0.2, -0.15) is 0 Å². The van der Waals surface area contributed by atoms with Crippen LogP contribution in [0.1, 0.15) is 18.9 Å². The highest BCUT2D eigenvalue weighted by molar-refractivity contribution is 5.88. The summed E-state index contributed by atoms with van der Waals surface area (Å²) in [5, 5.41) is 58.9. The topological polar surface area (TPSA) is 192 Å². The Hall–Kier alpha value is -3.00. The third-order valence-corrected chi connectivity index (χ3v) is 7.12. The second-order valence-corrected chi connectivity index (χ2v) is 9.40. The lowest BCUT2D eigenvalue weighted by atomic mass is 9.83. The summed E-state index contributed by atoms with van der Waals surface area (Å²) in [6.45, 7) is 1.11. The van der Waals surface area contributed by atoms with Crippen LogP contribution >= 0.6 is 0 Å². The second kappa shape index (κ2) is 11.2. The van der Waals surface area contributed by atoms with Crippen LogP contribution in [-0.4, -0.2) is 92.3 Å². The maximum atomic E-state index is 12.5. The van der Waals surface area contributed by atoms with E-state index in [-0.39, 0.29) is 17.7 Å². The lowest BCUT2D eigenvalue weighted by Crippen LogP contribution is -2.60. The zero-order chi connectivity index (χ0) is 26.9. The molecule has 4 rings (SSSR count). The first-order valence-corrected chi connectivity index (χ1v) is 11.8. The molecule has 12 nitrogen and oxygen atoms in total. The first kappa shape index (κ1) is 27.0. The zero-order valence-electron chi connectivity index (χ0n) is 19.9. The van der Waals surface area contributed by atoms with E-state index in [2.05, 4.69) is 0 Å². The minimum Gasteiger partial charge on any atom is -0.508 e. The summed E-state index contributed by atoms with van der Waals surface area (Å²) in [4.78, 5) is 24.3. The van der Waals surface area contributed by atoms with Crippen molar-refractivity contribution in [3.05, 3.63) is 47.7 Å². The standard InChI is InChI=1S/C25H30O12/c1-11-16(35-18(28)7-4-12-2-5-13(27)6-3-12)8-14-15(23(32)33)10-34-24(19(11)14)37-25-22(31)21(30)20(29)17(9-26)36-25/h2-7,10-11,14,16-17,19-22,24-27,29-31H,8-9H2,1H3,(H,32,33). The summed E-state index contributed by atoms with van der Waals surface area (Å²) in [5.74, 6) is -3.43. The van der Waals surface area contributed by atoms with Crippen LogP contribution in [0.3, 0.4) is 0 Å². The van der Waals surface area contributed by atoms with E-state index < -0.39 is 79.4 Å². The highest BCUT2D eigenvalue weighted by atomic mass is 16.8. The van der Waals surface area contributed by atoms with Gasteiger partial charge in [0.2, 0.25) is 6.29 Å². The Bertz CT molecular complexity index is 1030. The highest BCUT2D eigenvalue weighted by Crippen LogP contribution is 2.48. The van der Waals surface area contributed by atoms with E-state index in [9.17, 15) is 40.2 Å². The number of aromatic hydroxyl groups is 1. The number of phenolic OH excluding ortho intramolecular Hbond substituents is 1. The summed E-state index contributed by atoms with van der Waals surface area (Å²) < 4.78 is 22.4. The average molecular weight is 523 g/mol. The van der Waals surface area contributed by atoms with Gasteiger partial charge < -0.3 is 49.6 Å². The van der Waals surface area contributed by atoms with Crippen molar-refractivity contribution in [3.63, 3.8) is 0 Å². The third kappa shape index (κ3) is 5.64. The molecule has 37 heavy (non-hydrogen) atoms. The number of carboxylic acids is 1. The molecule has 10 unspecified atom stereocenters. The van der Waals surface area contributed by atoms with Gasteiger partial charge in [-0.1, -0.05) is 19.1 Å². The van der Waals surface area contributed by atoms with E-state index in [1.807, 2.05) is 0 Å². The molecule has 1 saturated heterocycles. The van der Waals surface area contributed by atoms with Gasteiger partial charge in [-0.15, -0.1) is 0 Å². The van der Waals surface area contributed by atoms with Crippen molar-refractivity contribution in [3.8, 4) is 5.75 Å². The van der Waals surface area contributed by atoms with Gasteiger partial charge in [0.05, 0.1) is 18.4 Å². The lowest BCUT2D eigenvalue weighted by molar-refractivity contribution is -0.342. The van der Waals surface area contributed by atoms with Crippen molar-refractivity contribution in [1.29, 1.82) is 0 Å². The molecule has 202 valence electrons. The molecule has 0 aromatic heterocycles. The summed E-state index contributed by atoms with van der Waals surface area (Å²) in [5.41, 5.74) is 0.643. The minimum atomic E-state index is -1.67. The van der Waals surface area contributed by atoms with Gasteiger partial charge >= 0.3 is 11.9 Å². The second-order valence-electron chi connectivity index (χ2n) is 9.40. The van der Waals surface area contributed by atoms with Crippen LogP contribution in [0.15, 0.2) is 42.2 Å². The number of aliphatic hydroxyl groups excluding tert-OH is 4. The number of carbonyl (C=O) groups is 2. The molecule has 2 heterocycles. The Morgan fingerprint density at radius 2 is 1.78 bits per heavy atom. The van der Waals surface area contributed by atoms with Gasteiger partial charge in [-0.3, -0.25) is 0 Å². The molecule has 0 spiro atoms. The Morgan fingerprint density at radius 1 is 1.08 bits per heavy atom. The maximum Gasteiger partial charge on any atom is 0.334 e. The van der Waals surface area contributed by atoms with Crippen molar-refractivity contribution >= 4 is 18.0 Å². The quantitative estimate of drug-likeness (QED) is 0.203. The summed E-state index contributed by atoms with van der Waals surface area (Å²) in [6, 6.07) is 6.19. The van der Waals surface area contributed by atoms with E-state index in [1.165, 1.54) is 24.3 Å². The van der Waals surface area contributed by atoms with Crippen molar-refractivity contribution in [2.75, 3.05) is 6.61 Å². The Labute approximate surface area is 212 Å². The monoisotopic (exact) mass is 522 g/mol. The van der Waals surface area contributed by atoms with Gasteiger partial charge in [0.1, 0.15) is 36.3 Å². The molecule has 0 bridgehead atoms. The SMILES string of the molecule is CC1C(OC(=O)C=Cc2ccc(O)cc2)CC2C(C(=O)O)=COC(OC3OC(CO)C(O)C(O)C3O)C21. The van der Waals surface area contributed by atoms with Crippen molar-refractivity contribution < 1.29 is 59.2 Å². The van der Waals surface area contributed by atoms with Crippen LogP contribution in [0.2, 0.25) is 0 Å². The minimum absolute atomic E-state index is 0.0244. The van der Waals surface area contributed by atoms with E-state index in [0.29, 0.717) is 5.56 Å². The Kier molecular flexibility index (Phi) is 8.17. The molecule has 1 saturated carbocycles. The number of phenols is 1. The number of hydrogen-bond acceptors (Lipinski definition) is 11. The molecule has 12 heteroatoms. The van der Waals surface area contributed by atoms with E-state index >= 15 is 0 Å². The van der Waals surface area contributed by atoms with Crippen LogP contribution in [0.25, 0.3) is 6.08 Å². The Balaban J connectivity index is 1.48. The van der Waals surface area contributed by atoms with Gasteiger partial charge in [-0.25, -0.2) is 9.59 Å². The molecule has 0 radical (unpaired) electrons. The number of rotatable bonds is 7. The van der Waals surface area contributed by atoms with Crippen molar-refractivity contribution in [2.45, 2.75) is 56.4 Å². The van der Waals surface area contributed by atoms with Gasteiger partial charge in [0.25, 0.3) is 0 Å². The molecule has 3 aliphatic rings. The number of ether oxygens (including phenoxy) is 4. The smallest absolute Gasteiger partial charge is 0.334 e. The number of carbonyl (C=O) groups excluding carboxylic acids is 1. The lowest BCUT2D eigenvalue weighted by Gasteiger charge is -2.43. The fourth-order valence-corrected chi connectivity index (χ4v) is 5.06. The molecule has 0 amide bonds. The maximum absolute atomic E-state index is 12.5. The largest absolute Gasteiger partial charge is 0.508 e. The van der Waals surface area contributed by atoms with E-state index in [0.717, 1.165) is 6.26 Å². The number of esters is 1. The highest BCUT2D eigenvalue weighted by Gasteiger charge is 2.54. The molecule has 6 N–H and O–H groups in total. The summed E-state index contributed by atoms with van der Waals surface area (Å²) >= 11 is 0. The predicted molar refractivity (Wildman–Crippen MR) is 123 cm³/mol. The van der Waals surface area contributed by atoms with Crippen molar-refractivity contribution in [2.24, 2.45) is 17.8 Å². The van der Waals surface area contributed by atoms with Gasteiger partial charge in [-0.05, 0) is 30.2 Å². The fourth-order valence-electron chi connectivity index (χ4n) is 5.06. The molecule has 2 fully saturated rings. The van der Waals surface area contributed by atoms with Crippen LogP contribution in [0.4, 0.5) is 0 Å². The number of benzene rings is 1. The number of carboxylic acid groups (broad SMARTS) is 1. The number of hydrogen-bond donors (Lipinski definition) is 6. The van der Waals surface area contributed by atoms with Crippen LogP contribution in [-0.2, 0) is 28.5 Å². The predicted octanol–water partition coefficient (Wildman–Crippen LogP) is -0.269. The van der Waals surface area contributed by atoms with Crippen molar-refractivity contribution in [1.82, 2.24) is 0 Å². The van der Waals surface area contributed by atoms with Crippen LogP contribution in [0.5, 0.6) is 5.75 Å². The van der Waals surface area contributed by atoms with Crippen LogP contribution in [0, 0.1) is 17.8 Å². The van der Waals surface area contributed by atoms with E-state index in [4.69, 9.17) is 18.9 Å². The zero-order valence-corrected chi connectivity index (χ0v) is 19.9. The van der Waals surface area contributed by atoms with E-state index in [1.54, 1.807) is 19.1 Å². The number of fused-ring (bicyclic) bond motifs is 1. The first-order valence-electron chi connectivity index (χ1n) is 11.8. The molecule has 1 aliphatic carbocycles. The molecular weight excluding hydrogens is 492 g/mol. The number of aliphatic carboxylic acids is 1. The number of aliphatic hydroxyl groups is 4. The molecule has 1 aromatic rings. The molecule has 10 atom stereocenters. The van der Waals surface area contributed by atoms with Gasteiger partial charge in [0.15, 0.2) is 6.29 Å². The molecule has 1 aromatic carbocycles. The fraction of sp³-hybridized carbons (Fsp3) is 0.520.